The van der Waals surface area contributed by atoms with Gasteiger partial charge in [0, 0.05) is 25.1 Å². The van der Waals surface area contributed by atoms with Crippen molar-refractivity contribution in [1.29, 1.82) is 10.5 Å². The number of carbonyl (C=O) groups is 1. The van der Waals surface area contributed by atoms with Crippen molar-refractivity contribution < 1.29 is 9.90 Å². The SMILES string of the molecule is N#CC1(C#N)C(c2ccccc2)CCCN1CCC/C=C/C(=O)O. The number of piperidine rings is 1. The molecule has 0 aromatic heterocycles. The van der Waals surface area contributed by atoms with Crippen LogP contribution in [0.25, 0.3) is 0 Å². The number of nitriles is 2. The van der Waals surface area contributed by atoms with Gasteiger partial charge < -0.3 is 5.11 Å². The van der Waals surface area contributed by atoms with Crippen LogP contribution in [0.1, 0.15) is 37.2 Å². The van der Waals surface area contributed by atoms with E-state index in [0.29, 0.717) is 19.5 Å². The zero-order valence-corrected chi connectivity index (χ0v) is 13.6. The highest BCUT2D eigenvalue weighted by atomic mass is 16.4. The summed E-state index contributed by atoms with van der Waals surface area (Å²) in [7, 11) is 0. The Morgan fingerprint density at radius 1 is 1.33 bits per heavy atom. The van der Waals surface area contributed by atoms with E-state index in [1.807, 2.05) is 35.2 Å². The molecule has 1 aliphatic rings. The molecule has 0 radical (unpaired) electrons. The number of allylic oxidation sites excluding steroid dienone is 1. The van der Waals surface area contributed by atoms with Crippen LogP contribution in [0.15, 0.2) is 42.5 Å². The number of aliphatic carboxylic acids is 1. The summed E-state index contributed by atoms with van der Waals surface area (Å²) in [5, 5.41) is 28.2. The molecule has 0 spiro atoms. The molecule has 0 amide bonds. The second kappa shape index (κ2) is 8.29. The molecule has 0 bridgehead atoms. The van der Waals surface area contributed by atoms with E-state index in [2.05, 4.69) is 12.1 Å². The van der Waals surface area contributed by atoms with Crippen LogP contribution in [0.3, 0.4) is 0 Å². The third-order valence-corrected chi connectivity index (χ3v) is 4.53. The minimum atomic E-state index is -1.16. The van der Waals surface area contributed by atoms with E-state index in [1.165, 1.54) is 0 Å². The predicted octanol–water partition coefficient (Wildman–Crippen LogP) is 3.07. The number of rotatable bonds is 6. The minimum Gasteiger partial charge on any atom is -0.478 e. The molecule has 0 saturated carbocycles. The van der Waals surface area contributed by atoms with Gasteiger partial charge in [0.1, 0.15) is 12.1 Å². The number of unbranched alkanes of at least 4 members (excludes halogenated alkanes) is 1. The molecule has 1 aromatic rings. The van der Waals surface area contributed by atoms with E-state index in [1.54, 1.807) is 6.08 Å². The number of hydrogen-bond acceptors (Lipinski definition) is 4. The van der Waals surface area contributed by atoms with Gasteiger partial charge in [-0.15, -0.1) is 0 Å². The second-order valence-corrected chi connectivity index (χ2v) is 5.97. The Hall–Kier alpha value is -2.63. The van der Waals surface area contributed by atoms with Crippen LogP contribution in [0.5, 0.6) is 0 Å². The van der Waals surface area contributed by atoms with E-state index in [9.17, 15) is 15.3 Å². The average Bonchev–Trinajstić information content (AvgIpc) is 2.61. The van der Waals surface area contributed by atoms with Crippen molar-refractivity contribution in [2.75, 3.05) is 13.1 Å². The third kappa shape index (κ3) is 3.82. The molecule has 5 nitrogen and oxygen atoms in total. The maximum atomic E-state index is 10.5. The molecule has 1 saturated heterocycles. The summed E-state index contributed by atoms with van der Waals surface area (Å²) < 4.78 is 0. The van der Waals surface area contributed by atoms with Crippen molar-refractivity contribution in [2.45, 2.75) is 37.1 Å². The standard InChI is InChI=1S/C19H21N3O2/c20-14-19(15-21)17(16-8-3-1-4-9-16)10-7-13-22(19)12-6-2-5-11-18(23)24/h1,3-5,8-9,11,17H,2,6-7,10,12-13H2,(H,23,24)/b11-5+. The van der Waals surface area contributed by atoms with Gasteiger partial charge in [-0.3, -0.25) is 4.90 Å². The van der Waals surface area contributed by atoms with Crippen molar-refractivity contribution in [1.82, 2.24) is 4.90 Å². The summed E-state index contributed by atoms with van der Waals surface area (Å²) in [6.07, 6.45) is 5.84. The van der Waals surface area contributed by atoms with Crippen LogP contribution in [-0.2, 0) is 4.79 Å². The molecule has 5 heteroatoms. The zero-order valence-electron chi connectivity index (χ0n) is 13.6. The van der Waals surface area contributed by atoms with Gasteiger partial charge >= 0.3 is 5.97 Å². The Balaban J connectivity index is 2.14. The van der Waals surface area contributed by atoms with E-state index in [-0.39, 0.29) is 5.92 Å². The van der Waals surface area contributed by atoms with Gasteiger partial charge in [-0.05, 0) is 31.2 Å². The molecule has 0 aliphatic carbocycles. The van der Waals surface area contributed by atoms with Crippen molar-refractivity contribution in [3.63, 3.8) is 0 Å². The van der Waals surface area contributed by atoms with Gasteiger partial charge in [0.15, 0.2) is 0 Å². The monoisotopic (exact) mass is 323 g/mol. The van der Waals surface area contributed by atoms with E-state index in [4.69, 9.17) is 5.11 Å². The van der Waals surface area contributed by atoms with Crippen molar-refractivity contribution in [3.8, 4) is 12.1 Å². The summed E-state index contributed by atoms with van der Waals surface area (Å²) in [4.78, 5) is 12.4. The molecular formula is C19H21N3O2. The summed E-state index contributed by atoms with van der Waals surface area (Å²) in [5.41, 5.74) is -0.132. The molecule has 1 N–H and O–H groups in total. The lowest BCUT2D eigenvalue weighted by Crippen LogP contribution is -2.54. The lowest BCUT2D eigenvalue weighted by Gasteiger charge is -2.43. The molecular weight excluding hydrogens is 302 g/mol. The molecule has 124 valence electrons. The lowest BCUT2D eigenvalue weighted by molar-refractivity contribution is -0.131. The molecule has 1 aromatic carbocycles. The Morgan fingerprint density at radius 2 is 2.04 bits per heavy atom. The van der Waals surface area contributed by atoms with Gasteiger partial charge in [0.25, 0.3) is 0 Å². The molecule has 1 aliphatic heterocycles. The number of likely N-dealkylation sites (tertiary alicyclic amines) is 1. The van der Waals surface area contributed by atoms with Gasteiger partial charge in [0.05, 0.1) is 0 Å². The van der Waals surface area contributed by atoms with Crippen LogP contribution in [-0.4, -0.2) is 34.6 Å². The van der Waals surface area contributed by atoms with Crippen LogP contribution in [0, 0.1) is 22.7 Å². The van der Waals surface area contributed by atoms with Gasteiger partial charge in [-0.25, -0.2) is 4.79 Å². The van der Waals surface area contributed by atoms with Crippen molar-refractivity contribution in [2.24, 2.45) is 0 Å². The summed E-state index contributed by atoms with van der Waals surface area (Å²) in [5.74, 6) is -1.09. The number of benzene rings is 1. The Kier molecular flexibility index (Phi) is 6.12. The summed E-state index contributed by atoms with van der Waals surface area (Å²) in [6, 6.07) is 14.3. The molecule has 1 atom stereocenters. The van der Waals surface area contributed by atoms with Gasteiger partial charge in [-0.1, -0.05) is 36.4 Å². The first-order chi connectivity index (χ1) is 11.6. The maximum absolute atomic E-state index is 10.5. The van der Waals surface area contributed by atoms with E-state index < -0.39 is 11.5 Å². The normalized spacial score (nSPS) is 20.3. The van der Waals surface area contributed by atoms with Crippen LogP contribution in [0.4, 0.5) is 0 Å². The highest BCUT2D eigenvalue weighted by molar-refractivity contribution is 5.79. The van der Waals surface area contributed by atoms with Crippen molar-refractivity contribution >= 4 is 5.97 Å². The van der Waals surface area contributed by atoms with Crippen LogP contribution in [0.2, 0.25) is 0 Å². The number of hydrogen-bond donors (Lipinski definition) is 1. The summed E-state index contributed by atoms with van der Waals surface area (Å²) in [6.45, 7) is 1.32. The lowest BCUT2D eigenvalue weighted by atomic mass is 9.74. The maximum Gasteiger partial charge on any atom is 0.327 e. The zero-order chi connectivity index (χ0) is 17.4. The molecule has 1 unspecified atom stereocenters. The number of carboxylic acids is 1. The molecule has 24 heavy (non-hydrogen) atoms. The number of nitrogens with zero attached hydrogens (tertiary/aromatic N) is 3. The Labute approximate surface area is 142 Å². The molecule has 1 heterocycles. The second-order valence-electron chi connectivity index (χ2n) is 5.97. The third-order valence-electron chi connectivity index (χ3n) is 4.53. The Morgan fingerprint density at radius 3 is 2.67 bits per heavy atom. The van der Waals surface area contributed by atoms with Crippen molar-refractivity contribution in [3.05, 3.63) is 48.0 Å². The Bertz CT molecular complexity index is 656. The van der Waals surface area contributed by atoms with E-state index >= 15 is 0 Å². The average molecular weight is 323 g/mol. The highest BCUT2D eigenvalue weighted by Gasteiger charge is 2.47. The van der Waals surface area contributed by atoms with Crippen LogP contribution < -0.4 is 0 Å². The minimum absolute atomic E-state index is 0.128. The fourth-order valence-corrected chi connectivity index (χ4v) is 3.38. The molecule has 2 rings (SSSR count). The first-order valence-corrected chi connectivity index (χ1v) is 8.16. The molecule has 1 fully saturated rings. The largest absolute Gasteiger partial charge is 0.478 e. The first kappa shape index (κ1) is 17.7. The quantitative estimate of drug-likeness (QED) is 0.642. The smallest absolute Gasteiger partial charge is 0.327 e. The fourth-order valence-electron chi connectivity index (χ4n) is 3.38. The topological polar surface area (TPSA) is 88.1 Å². The fraction of sp³-hybridized carbons (Fsp3) is 0.421. The highest BCUT2D eigenvalue weighted by Crippen LogP contribution is 2.40. The van der Waals surface area contributed by atoms with Crippen LogP contribution >= 0.6 is 0 Å². The number of carboxylic acid groups (broad SMARTS) is 1. The first-order valence-electron chi connectivity index (χ1n) is 8.16. The van der Waals surface area contributed by atoms with Gasteiger partial charge in [0.2, 0.25) is 5.54 Å². The van der Waals surface area contributed by atoms with Gasteiger partial charge in [-0.2, -0.15) is 10.5 Å². The summed E-state index contributed by atoms with van der Waals surface area (Å²) >= 11 is 0. The predicted molar refractivity (Wildman–Crippen MR) is 90.0 cm³/mol. The van der Waals surface area contributed by atoms with E-state index in [0.717, 1.165) is 30.9 Å².